The summed E-state index contributed by atoms with van der Waals surface area (Å²) in [4.78, 5) is 5.08. The molecule has 0 saturated heterocycles. The van der Waals surface area contributed by atoms with E-state index >= 15 is 0 Å². The number of aryl methyl sites for hydroxylation is 1. The topological polar surface area (TPSA) is 17.8 Å². The quantitative estimate of drug-likeness (QED) is 0.485. The zero-order chi connectivity index (χ0) is 19.5. The van der Waals surface area contributed by atoms with Crippen LogP contribution in [0, 0.1) is 37.5 Å². The molecule has 0 aliphatic heterocycles. The zero-order valence-electron chi connectivity index (χ0n) is 17.5. The predicted octanol–water partition coefficient (Wildman–Crippen LogP) is 6.83. The van der Waals surface area contributed by atoms with E-state index in [9.17, 15) is 0 Å². The van der Waals surface area contributed by atoms with E-state index in [0.717, 1.165) is 23.7 Å². The fourth-order valence-corrected chi connectivity index (χ4v) is 6.96. The highest BCUT2D eigenvalue weighted by molar-refractivity contribution is 5.68. The van der Waals surface area contributed by atoms with E-state index in [0.29, 0.717) is 6.04 Å². The van der Waals surface area contributed by atoms with Crippen molar-refractivity contribution in [3.05, 3.63) is 66.0 Å². The monoisotopic (exact) mass is 382 g/mol. The summed E-state index contributed by atoms with van der Waals surface area (Å²) in [5, 5.41) is 0. The molecule has 3 aromatic rings. The first-order chi connectivity index (χ1) is 14.2. The first-order valence-electron chi connectivity index (χ1n) is 11.4. The van der Waals surface area contributed by atoms with Gasteiger partial charge in [0.1, 0.15) is 5.82 Å². The largest absolute Gasteiger partial charge is 0.324 e. The Hall–Kier alpha value is -2.35. The van der Waals surface area contributed by atoms with Crippen LogP contribution in [0.1, 0.15) is 49.5 Å². The molecule has 2 heteroatoms. The molecular formula is C27H30N2. The smallest absolute Gasteiger partial charge is 0.140 e. The molecule has 1 heterocycles. The molecule has 0 spiro atoms. The number of nitrogens with zero attached hydrogens (tertiary/aromatic N) is 2. The Morgan fingerprint density at radius 1 is 0.690 bits per heavy atom. The lowest BCUT2D eigenvalue weighted by Crippen LogP contribution is -2.46. The van der Waals surface area contributed by atoms with Crippen molar-refractivity contribution in [2.24, 2.45) is 23.7 Å². The standard InChI is InChI=1S/C27H30N2/c1-17-18(2)29(26-24-13-19-12-20(15-24)16-25(26)14-19)27(28-17)23-10-8-22(9-11-23)21-6-4-3-5-7-21/h3-11,19-20,24-26H,12-16H2,1-2H3. The maximum Gasteiger partial charge on any atom is 0.140 e. The van der Waals surface area contributed by atoms with Gasteiger partial charge in [0.05, 0.1) is 5.69 Å². The fourth-order valence-electron chi connectivity index (χ4n) is 6.96. The summed E-state index contributed by atoms with van der Waals surface area (Å²) in [6.45, 7) is 4.47. The van der Waals surface area contributed by atoms with Crippen LogP contribution in [0.3, 0.4) is 0 Å². The van der Waals surface area contributed by atoms with E-state index in [1.807, 2.05) is 0 Å². The Labute approximate surface area is 174 Å². The van der Waals surface area contributed by atoms with E-state index in [-0.39, 0.29) is 0 Å². The van der Waals surface area contributed by atoms with Crippen LogP contribution in [-0.2, 0) is 0 Å². The van der Waals surface area contributed by atoms with Gasteiger partial charge in [0.2, 0.25) is 0 Å². The molecule has 0 amide bonds. The Balaban J connectivity index is 1.40. The van der Waals surface area contributed by atoms with Gasteiger partial charge < -0.3 is 4.57 Å². The van der Waals surface area contributed by atoms with E-state index < -0.39 is 0 Å². The number of imidazole rings is 1. The van der Waals surface area contributed by atoms with Crippen LogP contribution >= 0.6 is 0 Å². The molecule has 0 atom stereocenters. The molecule has 4 bridgehead atoms. The van der Waals surface area contributed by atoms with Crippen LogP contribution in [-0.4, -0.2) is 9.55 Å². The van der Waals surface area contributed by atoms with Crippen molar-refractivity contribution >= 4 is 0 Å². The van der Waals surface area contributed by atoms with Crippen molar-refractivity contribution < 1.29 is 0 Å². The summed E-state index contributed by atoms with van der Waals surface area (Å²) in [5.41, 5.74) is 6.38. The van der Waals surface area contributed by atoms with Crippen molar-refractivity contribution in [3.8, 4) is 22.5 Å². The van der Waals surface area contributed by atoms with Gasteiger partial charge >= 0.3 is 0 Å². The maximum atomic E-state index is 5.08. The average molecular weight is 383 g/mol. The highest BCUT2D eigenvalue weighted by atomic mass is 15.1. The van der Waals surface area contributed by atoms with Crippen LogP contribution in [0.2, 0.25) is 0 Å². The van der Waals surface area contributed by atoms with Gasteiger partial charge in [-0.15, -0.1) is 0 Å². The van der Waals surface area contributed by atoms with Crippen molar-refractivity contribution in [2.45, 2.75) is 52.0 Å². The second-order valence-electron chi connectivity index (χ2n) is 9.84. The number of rotatable bonds is 3. The van der Waals surface area contributed by atoms with Crippen LogP contribution < -0.4 is 0 Å². The summed E-state index contributed by atoms with van der Waals surface area (Å²) in [6, 6.07) is 20.4. The van der Waals surface area contributed by atoms with E-state index in [4.69, 9.17) is 4.98 Å². The van der Waals surface area contributed by atoms with Gasteiger partial charge in [-0.1, -0.05) is 54.6 Å². The molecule has 29 heavy (non-hydrogen) atoms. The highest BCUT2D eigenvalue weighted by Gasteiger charge is 2.49. The minimum atomic E-state index is 0.660. The van der Waals surface area contributed by atoms with Gasteiger partial charge in [-0.3, -0.25) is 0 Å². The molecule has 1 aromatic heterocycles. The molecule has 4 aliphatic rings. The van der Waals surface area contributed by atoms with Gasteiger partial charge in [-0.2, -0.15) is 0 Å². The molecule has 2 nitrogen and oxygen atoms in total. The molecule has 0 unspecified atom stereocenters. The van der Waals surface area contributed by atoms with Gasteiger partial charge in [0, 0.05) is 17.3 Å². The molecule has 7 rings (SSSR count). The third-order valence-corrected chi connectivity index (χ3v) is 8.11. The van der Waals surface area contributed by atoms with Gasteiger partial charge in [-0.05, 0) is 80.8 Å². The van der Waals surface area contributed by atoms with E-state index in [1.165, 1.54) is 66.0 Å². The predicted molar refractivity (Wildman–Crippen MR) is 119 cm³/mol. The van der Waals surface area contributed by atoms with Crippen molar-refractivity contribution in [2.75, 3.05) is 0 Å². The molecule has 0 radical (unpaired) electrons. The van der Waals surface area contributed by atoms with Gasteiger partial charge in [-0.25, -0.2) is 4.98 Å². The molecule has 2 aromatic carbocycles. The van der Waals surface area contributed by atoms with E-state index in [1.54, 1.807) is 0 Å². The molecule has 4 aliphatic carbocycles. The van der Waals surface area contributed by atoms with E-state index in [2.05, 4.69) is 73.0 Å². The number of hydrogen-bond acceptors (Lipinski definition) is 1. The van der Waals surface area contributed by atoms with Crippen LogP contribution in [0.4, 0.5) is 0 Å². The summed E-state index contributed by atoms with van der Waals surface area (Å²) < 4.78 is 2.65. The second-order valence-corrected chi connectivity index (χ2v) is 9.84. The Morgan fingerprint density at radius 3 is 1.86 bits per heavy atom. The summed E-state index contributed by atoms with van der Waals surface area (Å²) in [5.74, 6) is 4.93. The zero-order valence-corrected chi connectivity index (χ0v) is 17.5. The molecule has 148 valence electrons. The van der Waals surface area contributed by atoms with Crippen molar-refractivity contribution in [1.82, 2.24) is 9.55 Å². The maximum absolute atomic E-state index is 5.08. The lowest BCUT2D eigenvalue weighted by Gasteiger charge is -2.55. The normalized spacial score (nSPS) is 30.1. The third kappa shape index (κ3) is 2.79. The second kappa shape index (κ2) is 6.58. The number of benzene rings is 2. The van der Waals surface area contributed by atoms with Crippen LogP contribution in [0.5, 0.6) is 0 Å². The fraction of sp³-hybridized carbons (Fsp3) is 0.444. The minimum Gasteiger partial charge on any atom is -0.324 e. The lowest BCUT2D eigenvalue weighted by molar-refractivity contribution is -0.0291. The Morgan fingerprint density at radius 2 is 1.24 bits per heavy atom. The number of aromatic nitrogens is 2. The number of hydrogen-bond donors (Lipinski definition) is 0. The first-order valence-corrected chi connectivity index (χ1v) is 11.4. The van der Waals surface area contributed by atoms with Gasteiger partial charge in [0.15, 0.2) is 0 Å². The van der Waals surface area contributed by atoms with Crippen LogP contribution in [0.25, 0.3) is 22.5 Å². The van der Waals surface area contributed by atoms with Gasteiger partial charge in [0.25, 0.3) is 0 Å². The van der Waals surface area contributed by atoms with Crippen molar-refractivity contribution in [3.63, 3.8) is 0 Å². The van der Waals surface area contributed by atoms with Crippen LogP contribution in [0.15, 0.2) is 54.6 Å². The Kier molecular flexibility index (Phi) is 3.97. The van der Waals surface area contributed by atoms with Crippen molar-refractivity contribution in [1.29, 1.82) is 0 Å². The molecule has 4 fully saturated rings. The summed E-state index contributed by atoms with van der Waals surface area (Å²) >= 11 is 0. The minimum absolute atomic E-state index is 0.660. The Bertz CT molecular complexity index is 1000. The molecule has 0 N–H and O–H groups in total. The molecule has 4 saturated carbocycles. The highest BCUT2D eigenvalue weighted by Crippen LogP contribution is 2.59. The lowest BCUT2D eigenvalue weighted by atomic mass is 9.54. The average Bonchev–Trinajstić information content (AvgIpc) is 3.03. The summed E-state index contributed by atoms with van der Waals surface area (Å²) in [6.07, 6.45) is 7.29. The molecular weight excluding hydrogens is 352 g/mol. The summed E-state index contributed by atoms with van der Waals surface area (Å²) in [7, 11) is 0. The SMILES string of the molecule is Cc1nc(-c2ccc(-c3ccccc3)cc2)n(C2C3CC4CC(C3)CC2C4)c1C. The first kappa shape index (κ1) is 17.5. The third-order valence-electron chi connectivity index (χ3n) is 8.11.